The summed E-state index contributed by atoms with van der Waals surface area (Å²) in [4.78, 5) is 0. The van der Waals surface area contributed by atoms with Gasteiger partial charge in [-0.15, -0.1) is 11.3 Å². The zero-order valence-corrected chi connectivity index (χ0v) is 13.6. The van der Waals surface area contributed by atoms with E-state index in [1.54, 1.807) is 11.3 Å². The Balaban J connectivity index is 2.15. The number of halogens is 2. The van der Waals surface area contributed by atoms with Crippen molar-refractivity contribution >= 4 is 49.9 Å². The molecule has 0 spiro atoms. The van der Waals surface area contributed by atoms with Crippen molar-refractivity contribution in [2.75, 3.05) is 0 Å². The van der Waals surface area contributed by atoms with E-state index in [4.69, 9.17) is 5.84 Å². The Bertz CT molecular complexity index is 501. The van der Waals surface area contributed by atoms with E-state index >= 15 is 0 Å². The molecule has 1 aromatic carbocycles. The van der Waals surface area contributed by atoms with Gasteiger partial charge in [0.25, 0.3) is 0 Å². The standard InChI is InChI=1S/C12H12BrIN2S/c13-10-3-1-2-8(4-10)5-11(16-15)9-6-12(14)17-7-9/h1-4,6-7,11,16H,5,15H2. The first-order valence-electron chi connectivity index (χ1n) is 5.13. The lowest BCUT2D eigenvalue weighted by Gasteiger charge is -2.14. The SMILES string of the molecule is NNC(Cc1cccc(Br)c1)c1csc(I)c1. The molecular weight excluding hydrogens is 411 g/mol. The number of benzene rings is 1. The second kappa shape index (κ2) is 6.29. The number of nitrogens with two attached hydrogens (primary N) is 1. The van der Waals surface area contributed by atoms with E-state index in [0.717, 1.165) is 10.9 Å². The summed E-state index contributed by atoms with van der Waals surface area (Å²) in [5, 5.41) is 2.16. The second-order valence-electron chi connectivity index (χ2n) is 3.74. The van der Waals surface area contributed by atoms with Crippen molar-refractivity contribution in [3.63, 3.8) is 0 Å². The highest BCUT2D eigenvalue weighted by molar-refractivity contribution is 14.1. The number of nitrogens with one attached hydrogen (secondary N) is 1. The lowest BCUT2D eigenvalue weighted by atomic mass is 10.0. The molecule has 1 aromatic heterocycles. The van der Waals surface area contributed by atoms with Gasteiger partial charge in [0.05, 0.1) is 8.93 Å². The van der Waals surface area contributed by atoms with Gasteiger partial charge in [0.15, 0.2) is 0 Å². The molecule has 3 N–H and O–H groups in total. The first kappa shape index (κ1) is 13.5. The van der Waals surface area contributed by atoms with Crippen LogP contribution in [0.4, 0.5) is 0 Å². The van der Waals surface area contributed by atoms with Gasteiger partial charge in [-0.25, -0.2) is 0 Å². The summed E-state index contributed by atoms with van der Waals surface area (Å²) in [6.07, 6.45) is 0.892. The Morgan fingerprint density at radius 1 is 1.41 bits per heavy atom. The first-order chi connectivity index (χ1) is 8.19. The van der Waals surface area contributed by atoms with Crippen LogP contribution in [0.3, 0.4) is 0 Å². The number of hydrazine groups is 1. The molecular formula is C12H12BrIN2S. The average molecular weight is 423 g/mol. The van der Waals surface area contributed by atoms with Crippen molar-refractivity contribution < 1.29 is 0 Å². The molecule has 2 nitrogen and oxygen atoms in total. The van der Waals surface area contributed by atoms with Crippen LogP contribution in [0.25, 0.3) is 0 Å². The van der Waals surface area contributed by atoms with E-state index in [-0.39, 0.29) is 6.04 Å². The molecule has 0 saturated carbocycles. The summed E-state index contributed by atoms with van der Waals surface area (Å²) in [6.45, 7) is 0. The van der Waals surface area contributed by atoms with Gasteiger partial charge in [0, 0.05) is 4.47 Å². The average Bonchev–Trinajstić information content (AvgIpc) is 2.73. The van der Waals surface area contributed by atoms with Crippen LogP contribution in [0.1, 0.15) is 17.2 Å². The van der Waals surface area contributed by atoms with Gasteiger partial charge in [-0.05, 0) is 63.7 Å². The minimum Gasteiger partial charge on any atom is -0.271 e. The molecule has 1 heterocycles. The fourth-order valence-corrected chi connectivity index (χ4v) is 3.55. The third-order valence-corrected chi connectivity index (χ3v) is 4.82. The van der Waals surface area contributed by atoms with E-state index < -0.39 is 0 Å². The largest absolute Gasteiger partial charge is 0.271 e. The zero-order chi connectivity index (χ0) is 12.3. The van der Waals surface area contributed by atoms with Crippen LogP contribution in [-0.4, -0.2) is 0 Å². The molecule has 0 saturated heterocycles. The molecule has 90 valence electrons. The van der Waals surface area contributed by atoms with Crippen molar-refractivity contribution in [3.05, 3.63) is 54.2 Å². The smallest absolute Gasteiger partial charge is 0.0656 e. The maximum absolute atomic E-state index is 5.64. The van der Waals surface area contributed by atoms with Crippen molar-refractivity contribution in [1.82, 2.24) is 5.43 Å². The Morgan fingerprint density at radius 3 is 2.82 bits per heavy atom. The number of thiophene rings is 1. The van der Waals surface area contributed by atoms with Crippen LogP contribution in [0, 0.1) is 2.88 Å². The molecule has 1 atom stereocenters. The Labute approximate surface area is 127 Å². The lowest BCUT2D eigenvalue weighted by Crippen LogP contribution is -2.29. The number of hydrogen-bond donors (Lipinski definition) is 2. The highest BCUT2D eigenvalue weighted by Gasteiger charge is 2.12. The molecule has 0 aliphatic rings. The molecule has 0 bridgehead atoms. The summed E-state index contributed by atoms with van der Waals surface area (Å²) in [5.74, 6) is 5.64. The van der Waals surface area contributed by atoms with Crippen LogP contribution >= 0.6 is 49.9 Å². The maximum Gasteiger partial charge on any atom is 0.0656 e. The van der Waals surface area contributed by atoms with Crippen molar-refractivity contribution in [2.45, 2.75) is 12.5 Å². The number of rotatable bonds is 4. The van der Waals surface area contributed by atoms with Gasteiger partial charge in [0.2, 0.25) is 0 Å². The normalized spacial score (nSPS) is 12.6. The molecule has 0 aliphatic carbocycles. The van der Waals surface area contributed by atoms with E-state index in [1.165, 1.54) is 14.0 Å². The summed E-state index contributed by atoms with van der Waals surface area (Å²) >= 11 is 7.56. The van der Waals surface area contributed by atoms with Crippen LogP contribution in [0.5, 0.6) is 0 Å². The van der Waals surface area contributed by atoms with E-state index in [9.17, 15) is 0 Å². The molecule has 0 aliphatic heterocycles. The van der Waals surface area contributed by atoms with Crippen LogP contribution in [0.2, 0.25) is 0 Å². The van der Waals surface area contributed by atoms with Gasteiger partial charge in [-0.1, -0.05) is 28.1 Å². The van der Waals surface area contributed by atoms with Crippen molar-refractivity contribution in [2.24, 2.45) is 5.84 Å². The van der Waals surface area contributed by atoms with Gasteiger partial charge in [-0.3, -0.25) is 11.3 Å². The fraction of sp³-hybridized carbons (Fsp3) is 0.167. The molecule has 5 heteroatoms. The summed E-state index contributed by atoms with van der Waals surface area (Å²) in [6, 6.07) is 10.7. The van der Waals surface area contributed by atoms with Crippen molar-refractivity contribution in [3.8, 4) is 0 Å². The minimum atomic E-state index is 0.170. The maximum atomic E-state index is 5.64. The van der Waals surface area contributed by atoms with Gasteiger partial charge >= 0.3 is 0 Å². The van der Waals surface area contributed by atoms with Crippen LogP contribution < -0.4 is 11.3 Å². The molecule has 0 fully saturated rings. The molecule has 2 rings (SSSR count). The van der Waals surface area contributed by atoms with E-state index in [0.29, 0.717) is 0 Å². The quantitative estimate of drug-likeness (QED) is 0.446. The monoisotopic (exact) mass is 422 g/mol. The second-order valence-corrected chi connectivity index (χ2v) is 7.46. The topological polar surface area (TPSA) is 38.0 Å². The molecule has 17 heavy (non-hydrogen) atoms. The fourth-order valence-electron chi connectivity index (χ4n) is 1.68. The number of hydrogen-bond acceptors (Lipinski definition) is 3. The van der Waals surface area contributed by atoms with Crippen molar-refractivity contribution in [1.29, 1.82) is 0 Å². The van der Waals surface area contributed by atoms with Gasteiger partial charge < -0.3 is 0 Å². The summed E-state index contributed by atoms with van der Waals surface area (Å²) < 4.78 is 2.39. The minimum absolute atomic E-state index is 0.170. The summed E-state index contributed by atoms with van der Waals surface area (Å²) in [5.41, 5.74) is 5.41. The van der Waals surface area contributed by atoms with Gasteiger partial charge in [0.1, 0.15) is 0 Å². The molecule has 0 radical (unpaired) electrons. The third-order valence-electron chi connectivity index (χ3n) is 2.52. The predicted molar refractivity (Wildman–Crippen MR) is 84.9 cm³/mol. The lowest BCUT2D eigenvalue weighted by molar-refractivity contribution is 0.553. The highest BCUT2D eigenvalue weighted by Crippen LogP contribution is 2.25. The van der Waals surface area contributed by atoms with Crippen LogP contribution in [0.15, 0.2) is 40.2 Å². The van der Waals surface area contributed by atoms with Crippen LogP contribution in [-0.2, 0) is 6.42 Å². The molecule has 0 amide bonds. The highest BCUT2D eigenvalue weighted by atomic mass is 127. The summed E-state index contributed by atoms with van der Waals surface area (Å²) in [7, 11) is 0. The molecule has 2 aromatic rings. The Hall–Kier alpha value is 0.0500. The predicted octanol–water partition coefficient (Wildman–Crippen LogP) is 3.86. The zero-order valence-electron chi connectivity index (χ0n) is 8.99. The third kappa shape index (κ3) is 3.75. The first-order valence-corrected chi connectivity index (χ1v) is 7.88. The van der Waals surface area contributed by atoms with E-state index in [2.05, 4.69) is 67.5 Å². The van der Waals surface area contributed by atoms with Gasteiger partial charge in [-0.2, -0.15) is 0 Å². The van der Waals surface area contributed by atoms with E-state index in [1.807, 2.05) is 12.1 Å². The Morgan fingerprint density at radius 2 is 2.24 bits per heavy atom. The molecule has 1 unspecified atom stereocenters. The Kier molecular flexibility index (Phi) is 4.98.